The van der Waals surface area contributed by atoms with Crippen LogP contribution in [0.2, 0.25) is 0 Å². The molecule has 1 unspecified atom stereocenters. The summed E-state index contributed by atoms with van der Waals surface area (Å²) in [7, 11) is 0. The summed E-state index contributed by atoms with van der Waals surface area (Å²) in [5.74, 6) is -0.0301. The van der Waals surface area contributed by atoms with Crippen LogP contribution in [0.4, 0.5) is 0 Å². The predicted molar refractivity (Wildman–Crippen MR) is 28.5 cm³/mol. The highest BCUT2D eigenvalue weighted by Crippen LogP contribution is 1.86. The molecule has 8 heavy (non-hydrogen) atoms. The fraction of sp³-hybridized carbons (Fsp3) is 0.500. The number of nitrogens with one attached hydrogen (secondary N) is 3. The molecule has 0 aromatic carbocycles. The summed E-state index contributed by atoms with van der Waals surface area (Å²) in [6.45, 7) is 1.71. The molecule has 1 aliphatic rings. The highest BCUT2D eigenvalue weighted by atomic mass is 16.2. The smallest absolute Gasteiger partial charge is 0.248 e. The molecule has 1 amide bonds. The first kappa shape index (κ1) is 5.08. The van der Waals surface area contributed by atoms with Crippen LogP contribution in [0.3, 0.4) is 0 Å². The first-order valence-corrected chi connectivity index (χ1v) is 2.36. The van der Waals surface area contributed by atoms with Gasteiger partial charge in [-0.1, -0.05) is 0 Å². The zero-order chi connectivity index (χ0) is 6.15. The van der Waals surface area contributed by atoms with Crippen LogP contribution in [0.5, 0.6) is 0 Å². The van der Waals surface area contributed by atoms with Gasteiger partial charge >= 0.3 is 0 Å². The summed E-state index contributed by atoms with van der Waals surface area (Å²) in [5, 5.41) is 11.8. The van der Waals surface area contributed by atoms with E-state index in [2.05, 4.69) is 10.6 Å². The molecule has 1 atom stereocenters. The Morgan fingerprint density at radius 2 is 2.38 bits per heavy atom. The lowest BCUT2D eigenvalue weighted by Gasteiger charge is -1.93. The molecule has 4 nitrogen and oxygen atoms in total. The second kappa shape index (κ2) is 1.47. The van der Waals surface area contributed by atoms with E-state index < -0.39 is 0 Å². The maximum Gasteiger partial charge on any atom is 0.248 e. The monoisotopic (exact) mass is 113 g/mol. The lowest BCUT2D eigenvalue weighted by Crippen LogP contribution is -2.24. The van der Waals surface area contributed by atoms with Crippen LogP contribution in [0.1, 0.15) is 6.92 Å². The van der Waals surface area contributed by atoms with Gasteiger partial charge in [0, 0.05) is 0 Å². The summed E-state index contributed by atoms with van der Waals surface area (Å²) in [5.41, 5.74) is 0. The molecule has 1 fully saturated rings. The van der Waals surface area contributed by atoms with Crippen LogP contribution in [0.25, 0.3) is 0 Å². The maximum atomic E-state index is 10.5. The van der Waals surface area contributed by atoms with Gasteiger partial charge in [-0.2, -0.15) is 0 Å². The number of amides is 1. The molecule has 0 saturated carbocycles. The van der Waals surface area contributed by atoms with Crippen LogP contribution < -0.4 is 10.6 Å². The van der Waals surface area contributed by atoms with Crippen molar-refractivity contribution in [2.75, 3.05) is 0 Å². The van der Waals surface area contributed by atoms with Crippen LogP contribution in [0.15, 0.2) is 0 Å². The third kappa shape index (κ3) is 0.641. The quantitative estimate of drug-likeness (QED) is 0.378. The zero-order valence-corrected chi connectivity index (χ0v) is 4.49. The van der Waals surface area contributed by atoms with E-state index in [0.29, 0.717) is 0 Å². The Morgan fingerprint density at radius 1 is 1.75 bits per heavy atom. The van der Waals surface area contributed by atoms with Gasteiger partial charge in [0.05, 0.1) is 0 Å². The molecule has 0 spiro atoms. The first-order chi connectivity index (χ1) is 3.70. The minimum Gasteiger partial charge on any atom is -0.345 e. The molecule has 4 heteroatoms. The van der Waals surface area contributed by atoms with E-state index in [-0.39, 0.29) is 17.9 Å². The van der Waals surface area contributed by atoms with Crippen LogP contribution in [0, 0.1) is 5.41 Å². The van der Waals surface area contributed by atoms with E-state index >= 15 is 0 Å². The molecule has 3 N–H and O–H groups in total. The summed E-state index contributed by atoms with van der Waals surface area (Å²) >= 11 is 0. The summed E-state index contributed by atoms with van der Waals surface area (Å²) in [6, 6.07) is -0.234. The largest absolute Gasteiger partial charge is 0.345 e. The minimum atomic E-state index is -0.234. The van der Waals surface area contributed by atoms with Crippen molar-refractivity contribution < 1.29 is 4.79 Å². The number of guanidine groups is 1. The van der Waals surface area contributed by atoms with Crippen LogP contribution in [-0.4, -0.2) is 17.9 Å². The van der Waals surface area contributed by atoms with E-state index in [9.17, 15) is 4.79 Å². The normalized spacial score (nSPS) is 27.4. The van der Waals surface area contributed by atoms with Gasteiger partial charge in [0.25, 0.3) is 0 Å². The number of hydrogen-bond acceptors (Lipinski definition) is 2. The molecular formula is C4H7N3O. The summed E-state index contributed by atoms with van der Waals surface area (Å²) < 4.78 is 0. The summed E-state index contributed by atoms with van der Waals surface area (Å²) in [6.07, 6.45) is 0. The molecule has 0 bridgehead atoms. The van der Waals surface area contributed by atoms with E-state index in [0.717, 1.165) is 0 Å². The topological polar surface area (TPSA) is 65.0 Å². The molecule has 1 aliphatic heterocycles. The van der Waals surface area contributed by atoms with E-state index in [4.69, 9.17) is 5.41 Å². The molecule has 1 saturated heterocycles. The van der Waals surface area contributed by atoms with Crippen molar-refractivity contribution in [3.8, 4) is 0 Å². The van der Waals surface area contributed by atoms with E-state index in [1.165, 1.54) is 0 Å². The Hall–Kier alpha value is -1.06. The molecule has 0 radical (unpaired) electrons. The van der Waals surface area contributed by atoms with Crippen molar-refractivity contribution >= 4 is 11.9 Å². The van der Waals surface area contributed by atoms with Gasteiger partial charge in [0.1, 0.15) is 6.04 Å². The highest BCUT2D eigenvalue weighted by molar-refractivity contribution is 6.04. The Bertz CT molecular complexity index is 142. The SMILES string of the molecule is CC1NC(=N)NC1=O. The van der Waals surface area contributed by atoms with Gasteiger partial charge in [-0.25, -0.2) is 0 Å². The molecule has 0 aliphatic carbocycles. The molecule has 1 rings (SSSR count). The van der Waals surface area contributed by atoms with E-state index in [1.807, 2.05) is 0 Å². The van der Waals surface area contributed by atoms with Gasteiger partial charge in [0.15, 0.2) is 5.96 Å². The highest BCUT2D eigenvalue weighted by Gasteiger charge is 2.21. The fourth-order valence-electron chi connectivity index (χ4n) is 0.550. The van der Waals surface area contributed by atoms with Crippen molar-refractivity contribution in [1.29, 1.82) is 5.41 Å². The average Bonchev–Trinajstić information content (AvgIpc) is 1.85. The standard InChI is InChI=1S/C4H7N3O/c1-2-3(8)7-4(5)6-2/h2H,1H3,(H3,5,6,7,8). The third-order valence-electron chi connectivity index (χ3n) is 1.00. The van der Waals surface area contributed by atoms with Crippen LogP contribution in [-0.2, 0) is 4.79 Å². The Labute approximate surface area is 46.8 Å². The minimum absolute atomic E-state index is 0.0995. The number of hydrogen-bond donors (Lipinski definition) is 3. The van der Waals surface area contributed by atoms with Gasteiger partial charge in [-0.15, -0.1) is 0 Å². The second-order valence-corrected chi connectivity index (χ2v) is 1.73. The first-order valence-electron chi connectivity index (χ1n) is 2.36. The fourth-order valence-corrected chi connectivity index (χ4v) is 0.550. The molecule has 0 aromatic heterocycles. The van der Waals surface area contributed by atoms with Crippen molar-refractivity contribution in [2.24, 2.45) is 0 Å². The van der Waals surface area contributed by atoms with Crippen molar-refractivity contribution in [1.82, 2.24) is 10.6 Å². The van der Waals surface area contributed by atoms with E-state index in [1.54, 1.807) is 6.92 Å². The second-order valence-electron chi connectivity index (χ2n) is 1.73. The number of rotatable bonds is 0. The van der Waals surface area contributed by atoms with Gasteiger partial charge < -0.3 is 5.32 Å². The Kier molecular flexibility index (Phi) is 0.932. The third-order valence-corrected chi connectivity index (χ3v) is 1.00. The average molecular weight is 113 g/mol. The number of carbonyl (C=O) groups is 1. The predicted octanol–water partition coefficient (Wildman–Crippen LogP) is -0.971. The lowest BCUT2D eigenvalue weighted by atomic mass is 10.4. The van der Waals surface area contributed by atoms with Gasteiger partial charge in [-0.3, -0.25) is 15.5 Å². The van der Waals surface area contributed by atoms with Crippen molar-refractivity contribution in [3.05, 3.63) is 0 Å². The molecule has 1 heterocycles. The Morgan fingerprint density at radius 3 is 2.50 bits per heavy atom. The van der Waals surface area contributed by atoms with Gasteiger partial charge in [0.2, 0.25) is 5.91 Å². The summed E-state index contributed by atoms with van der Waals surface area (Å²) in [4.78, 5) is 10.5. The zero-order valence-electron chi connectivity index (χ0n) is 4.49. The van der Waals surface area contributed by atoms with Crippen molar-refractivity contribution in [2.45, 2.75) is 13.0 Å². The molecule has 44 valence electrons. The Balaban J connectivity index is 2.64. The van der Waals surface area contributed by atoms with Crippen molar-refractivity contribution in [3.63, 3.8) is 0 Å². The molecular weight excluding hydrogens is 106 g/mol. The van der Waals surface area contributed by atoms with Crippen LogP contribution >= 0.6 is 0 Å². The molecule has 0 aromatic rings. The van der Waals surface area contributed by atoms with Gasteiger partial charge in [-0.05, 0) is 6.92 Å². The maximum absolute atomic E-state index is 10.5. The number of carbonyl (C=O) groups excluding carboxylic acids is 1. The lowest BCUT2D eigenvalue weighted by molar-refractivity contribution is -0.119.